The summed E-state index contributed by atoms with van der Waals surface area (Å²) < 4.78 is 4.75. The SMILES string of the molecule is c1ccc(-c2cccc(-c3nc(-c4ccccc4)nc(-n4c5ccccc5c5c6ccccc6c6c7ccc(-c8ccccc8)cc7sc6c54)n3)c2)cc1. The Morgan fingerprint density at radius 3 is 1.61 bits per heavy atom. The summed E-state index contributed by atoms with van der Waals surface area (Å²) >= 11 is 1.85. The normalized spacial score (nSPS) is 11.7. The molecule has 4 nitrogen and oxygen atoms in total. The summed E-state index contributed by atoms with van der Waals surface area (Å²) in [6.45, 7) is 0. The number of aromatic nitrogens is 4. The third-order valence-electron chi connectivity index (χ3n) is 10.4. The van der Waals surface area contributed by atoms with Crippen molar-refractivity contribution in [3.63, 3.8) is 0 Å². The van der Waals surface area contributed by atoms with Crippen molar-refractivity contribution in [1.82, 2.24) is 19.5 Å². The van der Waals surface area contributed by atoms with Crippen LogP contribution in [0, 0.1) is 0 Å². The lowest BCUT2D eigenvalue weighted by Crippen LogP contribution is -2.06. The van der Waals surface area contributed by atoms with E-state index in [1.54, 1.807) is 0 Å². The van der Waals surface area contributed by atoms with Crippen LogP contribution in [0.25, 0.3) is 104 Å². The minimum atomic E-state index is 0.592. The van der Waals surface area contributed by atoms with Gasteiger partial charge in [-0.05, 0) is 51.2 Å². The number of benzene rings is 8. The van der Waals surface area contributed by atoms with Gasteiger partial charge < -0.3 is 0 Å². The average molecular weight is 707 g/mol. The van der Waals surface area contributed by atoms with Gasteiger partial charge in [0.15, 0.2) is 11.6 Å². The maximum atomic E-state index is 5.35. The van der Waals surface area contributed by atoms with Gasteiger partial charge in [0.25, 0.3) is 0 Å². The van der Waals surface area contributed by atoms with Crippen LogP contribution in [0.4, 0.5) is 0 Å². The number of hydrogen-bond donors (Lipinski definition) is 0. The lowest BCUT2D eigenvalue weighted by Gasteiger charge is -2.12. The molecule has 54 heavy (non-hydrogen) atoms. The summed E-state index contributed by atoms with van der Waals surface area (Å²) in [6, 6.07) is 64.2. The Labute approximate surface area is 315 Å². The molecule has 0 spiro atoms. The fraction of sp³-hybridized carbons (Fsp3) is 0. The molecule has 5 heteroatoms. The Bertz CT molecular complexity index is 3200. The van der Waals surface area contributed by atoms with Gasteiger partial charge in [0.05, 0.1) is 15.7 Å². The second kappa shape index (κ2) is 12.3. The summed E-state index contributed by atoms with van der Waals surface area (Å²) in [4.78, 5) is 15.8. The van der Waals surface area contributed by atoms with Crippen LogP contribution in [0.5, 0.6) is 0 Å². The number of nitrogens with zero attached hydrogens (tertiary/aromatic N) is 4. The van der Waals surface area contributed by atoms with Gasteiger partial charge in [-0.3, -0.25) is 4.57 Å². The molecule has 8 aromatic carbocycles. The Balaban J connectivity index is 1.25. The maximum absolute atomic E-state index is 5.35. The quantitative estimate of drug-likeness (QED) is 0.179. The molecule has 0 radical (unpaired) electrons. The van der Waals surface area contributed by atoms with Gasteiger partial charge in [0.2, 0.25) is 5.95 Å². The molecule has 0 atom stereocenters. The van der Waals surface area contributed by atoms with Gasteiger partial charge in [0.1, 0.15) is 0 Å². The number of rotatable bonds is 5. The summed E-state index contributed by atoms with van der Waals surface area (Å²) in [6.07, 6.45) is 0. The molecule has 0 bridgehead atoms. The first-order chi connectivity index (χ1) is 26.8. The van der Waals surface area contributed by atoms with Crippen LogP contribution in [0.2, 0.25) is 0 Å². The van der Waals surface area contributed by atoms with Crippen LogP contribution in [0.1, 0.15) is 0 Å². The lowest BCUT2D eigenvalue weighted by atomic mass is 9.98. The molecule has 3 heterocycles. The van der Waals surface area contributed by atoms with Crippen molar-refractivity contribution in [2.75, 3.05) is 0 Å². The van der Waals surface area contributed by atoms with Crippen molar-refractivity contribution in [2.24, 2.45) is 0 Å². The highest BCUT2D eigenvalue weighted by Crippen LogP contribution is 2.48. The van der Waals surface area contributed by atoms with E-state index >= 15 is 0 Å². The Morgan fingerprint density at radius 1 is 0.370 bits per heavy atom. The third kappa shape index (κ3) is 4.86. The topological polar surface area (TPSA) is 43.6 Å². The predicted molar refractivity (Wildman–Crippen MR) is 226 cm³/mol. The highest BCUT2D eigenvalue weighted by Gasteiger charge is 2.24. The molecule has 11 aromatic rings. The van der Waals surface area contributed by atoms with Crippen molar-refractivity contribution < 1.29 is 0 Å². The minimum Gasteiger partial charge on any atom is -0.276 e. The van der Waals surface area contributed by atoms with Gasteiger partial charge in [-0.15, -0.1) is 11.3 Å². The summed E-state index contributed by atoms with van der Waals surface area (Å²) in [5.41, 5.74) is 8.72. The third-order valence-corrected chi connectivity index (χ3v) is 11.6. The first kappa shape index (κ1) is 30.7. The Hall–Kier alpha value is -6.95. The zero-order valence-electron chi connectivity index (χ0n) is 29.0. The van der Waals surface area contributed by atoms with Crippen molar-refractivity contribution >= 4 is 64.1 Å². The lowest BCUT2D eigenvalue weighted by molar-refractivity contribution is 0.955. The molecule has 0 saturated heterocycles. The van der Waals surface area contributed by atoms with E-state index in [1.807, 2.05) is 35.6 Å². The Kier molecular flexibility index (Phi) is 7.00. The molecular formula is C49H30N4S. The predicted octanol–water partition coefficient (Wildman–Crippen LogP) is 13.2. The molecule has 0 aliphatic heterocycles. The van der Waals surface area contributed by atoms with Gasteiger partial charge in [-0.2, -0.15) is 9.97 Å². The molecule has 252 valence electrons. The van der Waals surface area contributed by atoms with E-state index in [-0.39, 0.29) is 0 Å². The molecule has 0 amide bonds. The number of hydrogen-bond acceptors (Lipinski definition) is 4. The van der Waals surface area contributed by atoms with E-state index < -0.39 is 0 Å². The Morgan fingerprint density at radius 2 is 0.907 bits per heavy atom. The van der Waals surface area contributed by atoms with E-state index in [9.17, 15) is 0 Å². The minimum absolute atomic E-state index is 0.592. The molecule has 3 aromatic heterocycles. The van der Waals surface area contributed by atoms with Crippen LogP contribution in [-0.2, 0) is 0 Å². The second-order valence-electron chi connectivity index (χ2n) is 13.6. The van der Waals surface area contributed by atoms with E-state index in [0.29, 0.717) is 17.6 Å². The molecule has 0 fully saturated rings. The van der Waals surface area contributed by atoms with Crippen molar-refractivity contribution in [2.45, 2.75) is 0 Å². The zero-order chi connectivity index (χ0) is 35.6. The number of fused-ring (bicyclic) bond motifs is 10. The van der Waals surface area contributed by atoms with Crippen LogP contribution in [0.3, 0.4) is 0 Å². The van der Waals surface area contributed by atoms with Crippen LogP contribution in [0.15, 0.2) is 182 Å². The van der Waals surface area contributed by atoms with Gasteiger partial charge in [-0.1, -0.05) is 164 Å². The van der Waals surface area contributed by atoms with Crippen LogP contribution >= 0.6 is 11.3 Å². The first-order valence-electron chi connectivity index (χ1n) is 18.1. The van der Waals surface area contributed by atoms with Crippen LogP contribution in [-0.4, -0.2) is 19.5 Å². The first-order valence-corrected chi connectivity index (χ1v) is 18.9. The standard InChI is InChI=1S/C49H30N4S/c1-4-15-31(16-5-1)34-21-14-22-36(29-34)48-50-47(33-19-8-3-9-20-33)51-49(52-48)53-41-26-13-12-25-39(41)43-37-23-10-11-24-38(37)44-40-28-27-35(32-17-6-2-7-18-32)30-42(40)54-46(44)45(43)53/h1-30H. The van der Waals surface area contributed by atoms with Crippen molar-refractivity contribution in [1.29, 1.82) is 0 Å². The van der Waals surface area contributed by atoms with E-state index in [2.05, 4.69) is 162 Å². The number of thiophene rings is 1. The molecule has 0 aliphatic rings. The largest absolute Gasteiger partial charge is 0.276 e. The number of para-hydroxylation sites is 1. The monoisotopic (exact) mass is 706 g/mol. The van der Waals surface area contributed by atoms with Crippen molar-refractivity contribution in [3.8, 4) is 51.0 Å². The summed E-state index contributed by atoms with van der Waals surface area (Å²) in [5.74, 6) is 1.85. The highest BCUT2D eigenvalue weighted by molar-refractivity contribution is 7.27. The van der Waals surface area contributed by atoms with E-state index in [1.165, 1.54) is 52.8 Å². The molecule has 0 saturated carbocycles. The van der Waals surface area contributed by atoms with Crippen LogP contribution < -0.4 is 0 Å². The van der Waals surface area contributed by atoms with Gasteiger partial charge >= 0.3 is 0 Å². The highest BCUT2D eigenvalue weighted by atomic mass is 32.1. The second-order valence-corrected chi connectivity index (χ2v) is 14.7. The van der Waals surface area contributed by atoms with E-state index in [4.69, 9.17) is 15.0 Å². The fourth-order valence-corrected chi connectivity index (χ4v) is 9.27. The zero-order valence-corrected chi connectivity index (χ0v) is 29.8. The molecule has 0 aliphatic carbocycles. The van der Waals surface area contributed by atoms with Gasteiger partial charge in [-0.25, -0.2) is 4.98 Å². The molecule has 0 N–H and O–H groups in total. The van der Waals surface area contributed by atoms with E-state index in [0.717, 1.165) is 33.3 Å². The smallest absolute Gasteiger partial charge is 0.238 e. The summed E-state index contributed by atoms with van der Waals surface area (Å²) in [7, 11) is 0. The molecular weight excluding hydrogens is 677 g/mol. The molecule has 11 rings (SSSR count). The fourth-order valence-electron chi connectivity index (χ4n) is 7.97. The summed E-state index contributed by atoms with van der Waals surface area (Å²) in [5, 5.41) is 7.36. The van der Waals surface area contributed by atoms with Crippen molar-refractivity contribution in [3.05, 3.63) is 182 Å². The maximum Gasteiger partial charge on any atom is 0.238 e. The molecule has 0 unspecified atom stereocenters. The average Bonchev–Trinajstić information content (AvgIpc) is 3.81. The van der Waals surface area contributed by atoms with Gasteiger partial charge in [0, 0.05) is 37.4 Å².